The summed E-state index contributed by atoms with van der Waals surface area (Å²) in [7, 11) is 1.30. The largest absolute Gasteiger partial charge is 0.464 e. The Morgan fingerprint density at radius 2 is 2.29 bits per heavy atom. The SMILES string of the molecule is COC(=O)c1cnc(NCC2(CO)CC2)cn1. The third kappa shape index (κ3) is 2.71. The zero-order valence-corrected chi connectivity index (χ0v) is 9.64. The molecule has 0 spiro atoms. The molecular weight excluding hydrogens is 222 g/mol. The van der Waals surface area contributed by atoms with E-state index in [1.165, 1.54) is 19.5 Å². The molecule has 0 amide bonds. The van der Waals surface area contributed by atoms with E-state index in [0.717, 1.165) is 12.8 Å². The van der Waals surface area contributed by atoms with Crippen molar-refractivity contribution in [2.45, 2.75) is 12.8 Å². The lowest BCUT2D eigenvalue weighted by atomic mass is 10.1. The first kappa shape index (κ1) is 11.8. The van der Waals surface area contributed by atoms with E-state index >= 15 is 0 Å². The van der Waals surface area contributed by atoms with Crippen LogP contribution in [0.5, 0.6) is 0 Å². The lowest BCUT2D eigenvalue weighted by Crippen LogP contribution is -2.19. The number of esters is 1. The van der Waals surface area contributed by atoms with Gasteiger partial charge >= 0.3 is 5.97 Å². The monoisotopic (exact) mass is 237 g/mol. The van der Waals surface area contributed by atoms with Gasteiger partial charge < -0.3 is 15.2 Å². The van der Waals surface area contributed by atoms with Crippen LogP contribution in [-0.2, 0) is 4.74 Å². The second kappa shape index (κ2) is 4.67. The predicted octanol–water partition coefficient (Wildman–Crippen LogP) is 0.448. The van der Waals surface area contributed by atoms with Crippen molar-refractivity contribution in [3.05, 3.63) is 18.1 Å². The first-order chi connectivity index (χ1) is 8.19. The van der Waals surface area contributed by atoms with Crippen LogP contribution >= 0.6 is 0 Å². The molecule has 1 aromatic heterocycles. The summed E-state index contributed by atoms with van der Waals surface area (Å²) >= 11 is 0. The van der Waals surface area contributed by atoms with E-state index in [2.05, 4.69) is 20.0 Å². The molecule has 0 atom stereocenters. The molecule has 0 bridgehead atoms. The first-order valence-corrected chi connectivity index (χ1v) is 5.44. The van der Waals surface area contributed by atoms with Crippen molar-refractivity contribution < 1.29 is 14.6 Å². The molecule has 1 fully saturated rings. The second-order valence-corrected chi connectivity index (χ2v) is 4.29. The van der Waals surface area contributed by atoms with Gasteiger partial charge in [-0.3, -0.25) is 0 Å². The molecule has 0 aromatic carbocycles. The van der Waals surface area contributed by atoms with Gasteiger partial charge in [0.05, 0.1) is 26.1 Å². The number of carbonyl (C=O) groups excluding carboxylic acids is 1. The number of aliphatic hydroxyl groups excluding tert-OH is 1. The number of hydrogen-bond donors (Lipinski definition) is 2. The normalized spacial score (nSPS) is 16.4. The highest BCUT2D eigenvalue weighted by Gasteiger charge is 2.41. The highest BCUT2D eigenvalue weighted by Crippen LogP contribution is 2.44. The van der Waals surface area contributed by atoms with Gasteiger partial charge in [-0.15, -0.1) is 0 Å². The maximum atomic E-state index is 11.1. The summed E-state index contributed by atoms with van der Waals surface area (Å²) in [6.07, 6.45) is 4.92. The Morgan fingerprint density at radius 1 is 1.53 bits per heavy atom. The first-order valence-electron chi connectivity index (χ1n) is 5.44. The van der Waals surface area contributed by atoms with Gasteiger partial charge in [-0.1, -0.05) is 0 Å². The topological polar surface area (TPSA) is 84.3 Å². The lowest BCUT2D eigenvalue weighted by Gasteiger charge is -2.12. The Balaban J connectivity index is 1.92. The number of aliphatic hydroxyl groups is 1. The minimum absolute atomic E-state index is 0.0166. The van der Waals surface area contributed by atoms with Gasteiger partial charge in [0.25, 0.3) is 0 Å². The summed E-state index contributed by atoms with van der Waals surface area (Å²) in [5.74, 6) is 0.0930. The van der Waals surface area contributed by atoms with Crippen molar-refractivity contribution in [2.24, 2.45) is 5.41 Å². The molecule has 1 heterocycles. The maximum absolute atomic E-state index is 11.1. The Hall–Kier alpha value is -1.69. The van der Waals surface area contributed by atoms with Crippen molar-refractivity contribution in [3.8, 4) is 0 Å². The van der Waals surface area contributed by atoms with Gasteiger partial charge in [-0.25, -0.2) is 14.8 Å². The number of carbonyl (C=O) groups is 1. The highest BCUT2D eigenvalue weighted by atomic mass is 16.5. The standard InChI is InChI=1S/C11H15N3O3/c1-17-10(16)8-4-13-9(5-12-8)14-6-11(7-15)2-3-11/h4-5,15H,2-3,6-7H2,1H3,(H,13,14). The quantitative estimate of drug-likeness (QED) is 0.723. The molecule has 0 saturated heterocycles. The fourth-order valence-electron chi connectivity index (χ4n) is 1.47. The fraction of sp³-hybridized carbons (Fsp3) is 0.545. The molecule has 0 aliphatic heterocycles. The van der Waals surface area contributed by atoms with E-state index in [-0.39, 0.29) is 17.7 Å². The highest BCUT2D eigenvalue weighted by molar-refractivity contribution is 5.86. The number of ether oxygens (including phenoxy) is 1. The Kier molecular flexibility index (Phi) is 3.23. The number of rotatable bonds is 5. The van der Waals surface area contributed by atoms with E-state index < -0.39 is 5.97 Å². The molecule has 2 rings (SSSR count). The second-order valence-electron chi connectivity index (χ2n) is 4.29. The van der Waals surface area contributed by atoms with Gasteiger partial charge in [0.1, 0.15) is 5.82 Å². The molecule has 0 radical (unpaired) electrons. The van der Waals surface area contributed by atoms with E-state index in [9.17, 15) is 4.79 Å². The van der Waals surface area contributed by atoms with Gasteiger partial charge in [-0.2, -0.15) is 0 Å². The van der Waals surface area contributed by atoms with Crippen LogP contribution in [0, 0.1) is 5.41 Å². The van der Waals surface area contributed by atoms with Gasteiger partial charge in [0.15, 0.2) is 5.69 Å². The predicted molar refractivity (Wildman–Crippen MR) is 60.6 cm³/mol. The van der Waals surface area contributed by atoms with Crippen LogP contribution < -0.4 is 5.32 Å². The molecule has 0 unspecified atom stereocenters. The van der Waals surface area contributed by atoms with Crippen LogP contribution in [0.2, 0.25) is 0 Å². The van der Waals surface area contributed by atoms with Crippen molar-refractivity contribution in [1.82, 2.24) is 9.97 Å². The zero-order valence-electron chi connectivity index (χ0n) is 9.64. The fourth-order valence-corrected chi connectivity index (χ4v) is 1.47. The van der Waals surface area contributed by atoms with E-state index in [4.69, 9.17) is 5.11 Å². The average molecular weight is 237 g/mol. The summed E-state index contributed by atoms with van der Waals surface area (Å²) in [6.45, 7) is 0.865. The van der Waals surface area contributed by atoms with E-state index in [0.29, 0.717) is 12.4 Å². The van der Waals surface area contributed by atoms with Gasteiger partial charge in [0, 0.05) is 12.0 Å². The maximum Gasteiger partial charge on any atom is 0.358 e. The Morgan fingerprint density at radius 3 is 2.76 bits per heavy atom. The third-order valence-electron chi connectivity index (χ3n) is 2.98. The smallest absolute Gasteiger partial charge is 0.358 e. The lowest BCUT2D eigenvalue weighted by molar-refractivity contribution is 0.0593. The molecule has 6 heteroatoms. The Bertz CT molecular complexity index is 401. The van der Waals surface area contributed by atoms with Crippen LogP contribution in [0.4, 0.5) is 5.82 Å². The number of nitrogens with one attached hydrogen (secondary N) is 1. The molecule has 92 valence electrons. The molecule has 1 aromatic rings. The minimum atomic E-state index is -0.502. The van der Waals surface area contributed by atoms with Crippen LogP contribution in [0.15, 0.2) is 12.4 Å². The molecule has 1 saturated carbocycles. The molecule has 2 N–H and O–H groups in total. The number of hydrogen-bond acceptors (Lipinski definition) is 6. The minimum Gasteiger partial charge on any atom is -0.464 e. The molecule has 6 nitrogen and oxygen atoms in total. The van der Waals surface area contributed by atoms with E-state index in [1.807, 2.05) is 0 Å². The molecule has 1 aliphatic carbocycles. The number of anilines is 1. The third-order valence-corrected chi connectivity index (χ3v) is 2.98. The van der Waals surface area contributed by atoms with Gasteiger partial charge in [-0.05, 0) is 12.8 Å². The summed E-state index contributed by atoms with van der Waals surface area (Å²) in [4.78, 5) is 19.1. The molecular formula is C11H15N3O3. The molecule has 1 aliphatic rings. The van der Waals surface area contributed by atoms with E-state index in [1.54, 1.807) is 0 Å². The van der Waals surface area contributed by atoms with Crippen LogP contribution in [-0.4, -0.2) is 41.3 Å². The Labute approximate surface area is 99.0 Å². The van der Waals surface area contributed by atoms with Crippen molar-refractivity contribution in [1.29, 1.82) is 0 Å². The van der Waals surface area contributed by atoms with Gasteiger partial charge in [0.2, 0.25) is 0 Å². The zero-order chi connectivity index (χ0) is 12.3. The number of nitrogens with zero attached hydrogens (tertiary/aromatic N) is 2. The van der Waals surface area contributed by atoms with Crippen molar-refractivity contribution >= 4 is 11.8 Å². The summed E-state index contributed by atoms with van der Waals surface area (Å²) in [5.41, 5.74) is 0.198. The average Bonchev–Trinajstić information content (AvgIpc) is 3.17. The van der Waals surface area contributed by atoms with Crippen LogP contribution in [0.25, 0.3) is 0 Å². The molecule has 17 heavy (non-hydrogen) atoms. The van der Waals surface area contributed by atoms with Crippen LogP contribution in [0.1, 0.15) is 23.3 Å². The number of methoxy groups -OCH3 is 1. The van der Waals surface area contributed by atoms with Crippen molar-refractivity contribution in [2.75, 3.05) is 25.6 Å². The summed E-state index contributed by atoms with van der Waals surface area (Å²) in [5, 5.41) is 12.2. The van der Waals surface area contributed by atoms with Crippen molar-refractivity contribution in [3.63, 3.8) is 0 Å². The summed E-state index contributed by atoms with van der Waals surface area (Å²) in [6, 6.07) is 0. The number of aromatic nitrogens is 2. The van der Waals surface area contributed by atoms with Crippen LogP contribution in [0.3, 0.4) is 0 Å². The summed E-state index contributed by atoms with van der Waals surface area (Å²) < 4.78 is 4.52.